The molecule has 114 valence electrons. The van der Waals surface area contributed by atoms with Crippen molar-refractivity contribution in [3.8, 4) is 0 Å². The molecule has 3 nitrogen and oxygen atoms in total. The molecule has 0 bridgehead atoms. The lowest BCUT2D eigenvalue weighted by Gasteiger charge is -2.36. The summed E-state index contributed by atoms with van der Waals surface area (Å²) in [5.74, 6) is -0.0330. The van der Waals surface area contributed by atoms with Gasteiger partial charge in [-0.2, -0.15) is 13.2 Å². The molecule has 2 rings (SSSR count). The van der Waals surface area contributed by atoms with Gasteiger partial charge in [-0.15, -0.1) is 0 Å². The van der Waals surface area contributed by atoms with E-state index in [1.54, 1.807) is 4.90 Å². The van der Waals surface area contributed by atoms with Gasteiger partial charge in [0.25, 0.3) is 0 Å². The molecular weight excluding hydrogens is 269 g/mol. The van der Waals surface area contributed by atoms with Crippen LogP contribution in [0.25, 0.3) is 0 Å². The van der Waals surface area contributed by atoms with E-state index in [0.717, 1.165) is 38.3 Å². The molecule has 20 heavy (non-hydrogen) atoms. The number of nitrogens with zero attached hydrogens (tertiary/aromatic N) is 1. The van der Waals surface area contributed by atoms with Gasteiger partial charge in [0.2, 0.25) is 5.91 Å². The predicted molar refractivity (Wildman–Crippen MR) is 70.2 cm³/mol. The van der Waals surface area contributed by atoms with Gasteiger partial charge in [0.1, 0.15) is 0 Å². The minimum atomic E-state index is -4.26. The summed E-state index contributed by atoms with van der Waals surface area (Å²) in [6.07, 6.45) is 0.152. The zero-order valence-corrected chi connectivity index (χ0v) is 11.7. The van der Waals surface area contributed by atoms with E-state index in [0.29, 0.717) is 0 Å². The normalized spacial score (nSPS) is 27.6. The summed E-state index contributed by atoms with van der Waals surface area (Å²) in [7, 11) is 0. The van der Waals surface area contributed by atoms with Gasteiger partial charge in [0.05, 0.1) is 5.54 Å². The zero-order chi connectivity index (χ0) is 14.8. The molecule has 1 amide bonds. The molecule has 0 aliphatic carbocycles. The molecule has 1 saturated heterocycles. The van der Waals surface area contributed by atoms with E-state index in [1.807, 2.05) is 6.92 Å². The maximum atomic E-state index is 12.6. The monoisotopic (exact) mass is 290 g/mol. The third kappa shape index (κ3) is 3.00. The van der Waals surface area contributed by atoms with Gasteiger partial charge in [-0.05, 0) is 32.2 Å². The minimum Gasteiger partial charge on any atom is -0.337 e. The highest BCUT2D eigenvalue weighted by atomic mass is 19.4. The van der Waals surface area contributed by atoms with Crippen LogP contribution >= 0.6 is 0 Å². The van der Waals surface area contributed by atoms with Crippen LogP contribution in [-0.4, -0.2) is 42.2 Å². The summed E-state index contributed by atoms with van der Waals surface area (Å²) < 4.78 is 37.7. The van der Waals surface area contributed by atoms with Crippen LogP contribution in [0.5, 0.6) is 0 Å². The Labute approximate surface area is 117 Å². The number of nitrogens with one attached hydrogen (secondary N) is 1. The van der Waals surface area contributed by atoms with E-state index in [2.05, 4.69) is 5.32 Å². The van der Waals surface area contributed by atoms with Crippen molar-refractivity contribution in [2.75, 3.05) is 19.6 Å². The fourth-order valence-corrected chi connectivity index (χ4v) is 3.15. The quantitative estimate of drug-likeness (QED) is 0.810. The molecule has 1 unspecified atom stereocenters. The number of carbonyl (C=O) groups is 1. The summed E-state index contributed by atoms with van der Waals surface area (Å²) in [5, 5.41) is 3.28. The fourth-order valence-electron chi connectivity index (χ4n) is 3.15. The van der Waals surface area contributed by atoms with Crippen molar-refractivity contribution in [3.05, 3.63) is 11.6 Å². The Morgan fingerprint density at radius 3 is 2.70 bits per heavy atom. The average molecular weight is 290 g/mol. The fraction of sp³-hybridized carbons (Fsp3) is 0.786. The van der Waals surface area contributed by atoms with Crippen molar-refractivity contribution in [2.24, 2.45) is 0 Å². The second kappa shape index (κ2) is 5.76. The Kier molecular flexibility index (Phi) is 4.42. The van der Waals surface area contributed by atoms with Crippen LogP contribution in [0.15, 0.2) is 11.6 Å². The van der Waals surface area contributed by atoms with Crippen LogP contribution in [-0.2, 0) is 4.79 Å². The van der Waals surface area contributed by atoms with Crippen LogP contribution < -0.4 is 5.32 Å². The molecule has 0 radical (unpaired) electrons. The third-order valence-electron chi connectivity index (χ3n) is 4.19. The highest BCUT2D eigenvalue weighted by molar-refractivity contribution is 5.87. The molecule has 0 aromatic rings. The largest absolute Gasteiger partial charge is 0.412 e. The van der Waals surface area contributed by atoms with Crippen molar-refractivity contribution in [1.82, 2.24) is 10.2 Å². The third-order valence-corrected chi connectivity index (χ3v) is 4.19. The first-order chi connectivity index (χ1) is 9.39. The van der Waals surface area contributed by atoms with Crippen molar-refractivity contribution in [1.29, 1.82) is 0 Å². The van der Waals surface area contributed by atoms with Crippen molar-refractivity contribution in [3.63, 3.8) is 0 Å². The first kappa shape index (κ1) is 15.4. The average Bonchev–Trinajstić information content (AvgIpc) is 2.87. The standard InChI is InChI=1S/C14H21F3N2O/c1-2-6-13(7-3-8-18-13)12(20)19-9-4-11(5-10-19)14(15,16)17/h4,18H,2-3,5-10H2,1H3. The molecule has 2 aliphatic rings. The summed E-state index contributed by atoms with van der Waals surface area (Å²) in [5.41, 5.74) is -1.05. The van der Waals surface area contributed by atoms with Gasteiger partial charge in [-0.1, -0.05) is 19.4 Å². The van der Waals surface area contributed by atoms with Crippen molar-refractivity contribution >= 4 is 5.91 Å². The lowest BCUT2D eigenvalue weighted by atomic mass is 9.89. The van der Waals surface area contributed by atoms with E-state index in [9.17, 15) is 18.0 Å². The summed E-state index contributed by atoms with van der Waals surface area (Å²) >= 11 is 0. The number of halogens is 3. The number of carbonyl (C=O) groups excluding carboxylic acids is 1. The topological polar surface area (TPSA) is 32.3 Å². The molecule has 2 aliphatic heterocycles. The highest BCUT2D eigenvalue weighted by Crippen LogP contribution is 2.32. The summed E-state index contributed by atoms with van der Waals surface area (Å²) in [6, 6.07) is 0. The molecule has 6 heteroatoms. The number of amides is 1. The lowest BCUT2D eigenvalue weighted by Crippen LogP contribution is -2.55. The van der Waals surface area contributed by atoms with Gasteiger partial charge < -0.3 is 10.2 Å². The van der Waals surface area contributed by atoms with Crippen LogP contribution in [0.1, 0.15) is 39.0 Å². The Morgan fingerprint density at radius 2 is 2.25 bits per heavy atom. The molecule has 0 saturated carbocycles. The molecule has 0 aromatic heterocycles. The Morgan fingerprint density at radius 1 is 1.50 bits per heavy atom. The summed E-state index contributed by atoms with van der Waals surface area (Å²) in [6.45, 7) is 3.06. The van der Waals surface area contributed by atoms with E-state index in [-0.39, 0.29) is 25.4 Å². The smallest absolute Gasteiger partial charge is 0.337 e. The molecular formula is C14H21F3N2O. The predicted octanol–water partition coefficient (Wildman–Crippen LogP) is 2.63. The van der Waals surface area contributed by atoms with Gasteiger partial charge in [0.15, 0.2) is 0 Å². The molecule has 0 aromatic carbocycles. The van der Waals surface area contributed by atoms with Crippen molar-refractivity contribution < 1.29 is 18.0 Å². The molecule has 2 heterocycles. The van der Waals surface area contributed by atoms with Crippen molar-refractivity contribution in [2.45, 2.75) is 50.7 Å². The van der Waals surface area contributed by atoms with Gasteiger partial charge in [-0.3, -0.25) is 4.79 Å². The maximum Gasteiger partial charge on any atom is 0.412 e. The summed E-state index contributed by atoms with van der Waals surface area (Å²) in [4.78, 5) is 14.2. The van der Waals surface area contributed by atoms with Gasteiger partial charge in [0, 0.05) is 18.7 Å². The maximum absolute atomic E-state index is 12.6. The molecule has 1 N–H and O–H groups in total. The number of hydrogen-bond acceptors (Lipinski definition) is 2. The van der Waals surface area contributed by atoms with E-state index >= 15 is 0 Å². The second-order valence-corrected chi connectivity index (χ2v) is 5.59. The first-order valence-corrected chi connectivity index (χ1v) is 7.20. The Bertz CT molecular complexity index is 398. The highest BCUT2D eigenvalue weighted by Gasteiger charge is 2.43. The van der Waals surface area contributed by atoms with Crippen LogP contribution in [0.2, 0.25) is 0 Å². The van der Waals surface area contributed by atoms with Gasteiger partial charge >= 0.3 is 6.18 Å². The number of alkyl halides is 3. The number of hydrogen-bond donors (Lipinski definition) is 1. The van der Waals surface area contributed by atoms with Crippen LogP contribution in [0.4, 0.5) is 13.2 Å². The minimum absolute atomic E-state index is 0.0330. The second-order valence-electron chi connectivity index (χ2n) is 5.59. The SMILES string of the molecule is CCCC1(C(=O)N2CC=C(C(F)(F)F)CC2)CCCN1. The van der Waals surface area contributed by atoms with Crippen LogP contribution in [0, 0.1) is 0 Å². The molecule has 1 atom stereocenters. The van der Waals surface area contributed by atoms with Crippen LogP contribution in [0.3, 0.4) is 0 Å². The number of rotatable bonds is 3. The Hall–Kier alpha value is -1.04. The van der Waals surface area contributed by atoms with E-state index < -0.39 is 17.3 Å². The lowest BCUT2D eigenvalue weighted by molar-refractivity contribution is -0.139. The molecule has 1 fully saturated rings. The Balaban J connectivity index is 2.06. The van der Waals surface area contributed by atoms with E-state index in [1.165, 1.54) is 0 Å². The zero-order valence-electron chi connectivity index (χ0n) is 11.7. The first-order valence-electron chi connectivity index (χ1n) is 7.20. The molecule has 0 spiro atoms. The van der Waals surface area contributed by atoms with E-state index in [4.69, 9.17) is 0 Å². The van der Waals surface area contributed by atoms with Gasteiger partial charge in [-0.25, -0.2) is 0 Å².